The van der Waals surface area contributed by atoms with Crippen molar-refractivity contribution in [3.63, 3.8) is 0 Å². The minimum atomic E-state index is -0.663. The number of aromatic nitrogens is 2. The van der Waals surface area contributed by atoms with Crippen molar-refractivity contribution in [3.8, 4) is 5.88 Å². The van der Waals surface area contributed by atoms with Crippen LogP contribution < -0.4 is 10.5 Å². The minimum absolute atomic E-state index is 0.0376. The number of amides is 1. The van der Waals surface area contributed by atoms with E-state index in [0.29, 0.717) is 5.88 Å². The molecule has 1 rings (SSSR count). The Hall–Kier alpha value is -1.65. The Balaban J connectivity index is 3.01. The first kappa shape index (κ1) is 7.46. The molecule has 0 atom stereocenters. The van der Waals surface area contributed by atoms with Crippen LogP contribution in [0.2, 0.25) is 0 Å². The monoisotopic (exact) mass is 153 g/mol. The largest absolute Gasteiger partial charge is 0.481 e. The van der Waals surface area contributed by atoms with E-state index in [1.807, 2.05) is 0 Å². The molecule has 0 unspecified atom stereocenters. The van der Waals surface area contributed by atoms with Crippen LogP contribution in [-0.4, -0.2) is 23.0 Å². The highest BCUT2D eigenvalue weighted by Crippen LogP contribution is 2.02. The number of rotatable bonds is 2. The highest BCUT2D eigenvalue weighted by molar-refractivity contribution is 5.88. The molecule has 5 heteroatoms. The second-order valence-corrected chi connectivity index (χ2v) is 1.79. The minimum Gasteiger partial charge on any atom is -0.481 e. The van der Waals surface area contributed by atoms with Gasteiger partial charge in [0.05, 0.1) is 7.11 Å². The van der Waals surface area contributed by atoms with E-state index in [1.165, 1.54) is 19.4 Å². The predicted molar refractivity (Wildman–Crippen MR) is 37.1 cm³/mol. The summed E-state index contributed by atoms with van der Waals surface area (Å²) in [6.45, 7) is 0. The fourth-order valence-corrected chi connectivity index (χ4v) is 0.575. The first-order chi connectivity index (χ1) is 5.24. The smallest absolute Gasteiger partial charge is 0.286 e. The van der Waals surface area contributed by atoms with E-state index in [4.69, 9.17) is 10.5 Å². The van der Waals surface area contributed by atoms with Gasteiger partial charge in [-0.2, -0.15) is 4.98 Å². The van der Waals surface area contributed by atoms with Gasteiger partial charge in [-0.3, -0.25) is 4.79 Å². The summed E-state index contributed by atoms with van der Waals surface area (Å²) in [6, 6.07) is 1.53. The normalized spacial score (nSPS) is 9.18. The Kier molecular flexibility index (Phi) is 2.00. The van der Waals surface area contributed by atoms with Gasteiger partial charge in [0, 0.05) is 12.3 Å². The van der Waals surface area contributed by atoms with Crippen molar-refractivity contribution < 1.29 is 9.53 Å². The molecule has 0 bridgehead atoms. The summed E-state index contributed by atoms with van der Waals surface area (Å²) in [4.78, 5) is 17.8. The Bertz CT molecular complexity index is 274. The Labute approximate surface area is 63.2 Å². The second-order valence-electron chi connectivity index (χ2n) is 1.79. The Morgan fingerprint density at radius 3 is 3.00 bits per heavy atom. The number of ether oxygens (including phenoxy) is 1. The Morgan fingerprint density at radius 1 is 1.73 bits per heavy atom. The number of hydrogen-bond donors (Lipinski definition) is 1. The molecule has 1 aromatic heterocycles. The molecule has 1 aromatic rings. The molecule has 0 radical (unpaired) electrons. The zero-order chi connectivity index (χ0) is 8.27. The molecule has 0 saturated heterocycles. The molecule has 0 aliphatic heterocycles. The lowest BCUT2D eigenvalue weighted by Gasteiger charge is -1.97. The number of carbonyl (C=O) groups is 1. The number of carbonyl (C=O) groups excluding carboxylic acids is 1. The standard InChI is InChI=1S/C6H7N3O2/c1-11-4-2-3-8-6(9-4)5(7)10/h2-3H,1H3,(H2,7,10). The van der Waals surface area contributed by atoms with Gasteiger partial charge in [-0.05, 0) is 0 Å². The summed E-state index contributed by atoms with van der Waals surface area (Å²) in [7, 11) is 1.45. The number of hydrogen-bond acceptors (Lipinski definition) is 4. The van der Waals surface area contributed by atoms with Crippen LogP contribution in [-0.2, 0) is 0 Å². The molecule has 1 heterocycles. The lowest BCUT2D eigenvalue weighted by molar-refractivity contribution is 0.0989. The molecule has 2 N–H and O–H groups in total. The highest BCUT2D eigenvalue weighted by Gasteiger charge is 2.03. The summed E-state index contributed by atoms with van der Waals surface area (Å²) < 4.78 is 4.75. The molecular formula is C6H7N3O2. The maximum Gasteiger partial charge on any atom is 0.286 e. The van der Waals surface area contributed by atoms with Gasteiger partial charge < -0.3 is 10.5 Å². The van der Waals surface area contributed by atoms with Crippen molar-refractivity contribution in [1.82, 2.24) is 9.97 Å². The summed E-state index contributed by atoms with van der Waals surface area (Å²) >= 11 is 0. The summed E-state index contributed by atoms with van der Waals surface area (Å²) in [5.41, 5.74) is 4.92. The van der Waals surface area contributed by atoms with Crippen molar-refractivity contribution in [1.29, 1.82) is 0 Å². The van der Waals surface area contributed by atoms with Crippen molar-refractivity contribution in [2.75, 3.05) is 7.11 Å². The highest BCUT2D eigenvalue weighted by atomic mass is 16.5. The Morgan fingerprint density at radius 2 is 2.45 bits per heavy atom. The number of nitrogens with two attached hydrogens (primary N) is 1. The van der Waals surface area contributed by atoms with Gasteiger partial charge in [0.15, 0.2) is 0 Å². The summed E-state index contributed by atoms with van der Waals surface area (Å²) in [6.07, 6.45) is 1.41. The lowest BCUT2D eigenvalue weighted by atomic mass is 10.5. The molecular weight excluding hydrogens is 146 g/mol. The van der Waals surface area contributed by atoms with E-state index in [2.05, 4.69) is 9.97 Å². The molecule has 0 saturated carbocycles. The van der Waals surface area contributed by atoms with Gasteiger partial charge in [-0.25, -0.2) is 4.98 Å². The summed E-state index contributed by atoms with van der Waals surface area (Å²) in [5.74, 6) is -0.373. The molecule has 0 spiro atoms. The zero-order valence-electron chi connectivity index (χ0n) is 5.94. The van der Waals surface area contributed by atoms with Crippen molar-refractivity contribution in [2.24, 2.45) is 5.73 Å². The molecule has 1 amide bonds. The van der Waals surface area contributed by atoms with Crippen LogP contribution in [0.3, 0.4) is 0 Å². The number of nitrogens with zero attached hydrogens (tertiary/aromatic N) is 2. The van der Waals surface area contributed by atoms with Crippen LogP contribution in [0.4, 0.5) is 0 Å². The van der Waals surface area contributed by atoms with Gasteiger partial charge >= 0.3 is 0 Å². The lowest BCUT2D eigenvalue weighted by Crippen LogP contribution is -2.15. The van der Waals surface area contributed by atoms with E-state index < -0.39 is 5.91 Å². The number of primary amides is 1. The second kappa shape index (κ2) is 2.96. The average molecular weight is 153 g/mol. The molecule has 0 aliphatic rings. The van der Waals surface area contributed by atoms with Crippen LogP contribution in [0.1, 0.15) is 10.6 Å². The average Bonchev–Trinajstić information content (AvgIpc) is 2.05. The maximum atomic E-state index is 10.5. The van der Waals surface area contributed by atoms with Crippen molar-refractivity contribution in [3.05, 3.63) is 18.1 Å². The molecule has 11 heavy (non-hydrogen) atoms. The van der Waals surface area contributed by atoms with Crippen LogP contribution >= 0.6 is 0 Å². The van der Waals surface area contributed by atoms with Gasteiger partial charge in [0.2, 0.25) is 11.7 Å². The zero-order valence-corrected chi connectivity index (χ0v) is 5.94. The van der Waals surface area contributed by atoms with Crippen LogP contribution in [0.25, 0.3) is 0 Å². The fourth-order valence-electron chi connectivity index (χ4n) is 0.575. The third-order valence-electron chi connectivity index (χ3n) is 1.06. The third kappa shape index (κ3) is 1.64. The van der Waals surface area contributed by atoms with Gasteiger partial charge in [0.25, 0.3) is 5.91 Å². The van der Waals surface area contributed by atoms with E-state index in [0.717, 1.165) is 0 Å². The quantitative estimate of drug-likeness (QED) is 0.626. The van der Waals surface area contributed by atoms with Gasteiger partial charge in [-0.1, -0.05) is 0 Å². The third-order valence-corrected chi connectivity index (χ3v) is 1.06. The van der Waals surface area contributed by atoms with Crippen molar-refractivity contribution >= 4 is 5.91 Å². The molecule has 5 nitrogen and oxygen atoms in total. The van der Waals surface area contributed by atoms with Crippen molar-refractivity contribution in [2.45, 2.75) is 0 Å². The molecule has 0 aromatic carbocycles. The van der Waals surface area contributed by atoms with E-state index in [1.54, 1.807) is 0 Å². The van der Waals surface area contributed by atoms with Crippen LogP contribution in [0.5, 0.6) is 5.88 Å². The van der Waals surface area contributed by atoms with Crippen LogP contribution in [0.15, 0.2) is 12.3 Å². The predicted octanol–water partition coefficient (Wildman–Crippen LogP) is -0.416. The van der Waals surface area contributed by atoms with Gasteiger partial charge in [-0.15, -0.1) is 0 Å². The summed E-state index contributed by atoms with van der Waals surface area (Å²) in [5, 5.41) is 0. The molecule has 58 valence electrons. The fraction of sp³-hybridized carbons (Fsp3) is 0.167. The molecule has 0 aliphatic carbocycles. The maximum absolute atomic E-state index is 10.5. The number of methoxy groups -OCH3 is 1. The topological polar surface area (TPSA) is 78.1 Å². The van der Waals surface area contributed by atoms with E-state index >= 15 is 0 Å². The first-order valence-corrected chi connectivity index (χ1v) is 2.91. The first-order valence-electron chi connectivity index (χ1n) is 2.91. The van der Waals surface area contributed by atoms with Gasteiger partial charge in [0.1, 0.15) is 0 Å². The van der Waals surface area contributed by atoms with E-state index in [9.17, 15) is 4.79 Å². The van der Waals surface area contributed by atoms with Crippen LogP contribution in [0, 0.1) is 0 Å². The SMILES string of the molecule is COc1ccnc(C(N)=O)n1. The van der Waals surface area contributed by atoms with E-state index in [-0.39, 0.29) is 5.82 Å². The molecule has 0 fully saturated rings.